The molecule has 1 aromatic rings. The van der Waals surface area contributed by atoms with Gasteiger partial charge in [-0.2, -0.15) is 0 Å². The predicted octanol–water partition coefficient (Wildman–Crippen LogP) is 3.23. The SMILES string of the molecule is CC(C)(CC(=O)O)c1ccc(OCC2CC2)cc1. The van der Waals surface area contributed by atoms with Gasteiger partial charge in [0, 0.05) is 5.41 Å². The number of ether oxygens (including phenoxy) is 1. The van der Waals surface area contributed by atoms with Gasteiger partial charge < -0.3 is 9.84 Å². The predicted molar refractivity (Wildman–Crippen MR) is 69.9 cm³/mol. The molecule has 1 aromatic carbocycles. The van der Waals surface area contributed by atoms with E-state index in [1.165, 1.54) is 12.8 Å². The maximum atomic E-state index is 10.8. The molecule has 1 aliphatic carbocycles. The van der Waals surface area contributed by atoms with E-state index in [0.717, 1.165) is 23.8 Å². The zero-order valence-corrected chi connectivity index (χ0v) is 11.0. The highest BCUT2D eigenvalue weighted by Crippen LogP contribution is 2.31. The van der Waals surface area contributed by atoms with E-state index in [1.54, 1.807) is 0 Å². The Morgan fingerprint density at radius 2 is 1.94 bits per heavy atom. The number of benzene rings is 1. The molecular weight excluding hydrogens is 228 g/mol. The Kier molecular flexibility index (Phi) is 3.60. The van der Waals surface area contributed by atoms with Crippen LogP contribution in [-0.4, -0.2) is 17.7 Å². The van der Waals surface area contributed by atoms with Crippen molar-refractivity contribution < 1.29 is 14.6 Å². The van der Waals surface area contributed by atoms with Crippen molar-refractivity contribution in [1.29, 1.82) is 0 Å². The smallest absolute Gasteiger partial charge is 0.304 e. The third kappa shape index (κ3) is 3.49. The molecule has 0 bridgehead atoms. The lowest BCUT2D eigenvalue weighted by Gasteiger charge is -2.23. The highest BCUT2D eigenvalue weighted by molar-refractivity contribution is 5.68. The van der Waals surface area contributed by atoms with Crippen molar-refractivity contribution in [3.63, 3.8) is 0 Å². The molecule has 0 amide bonds. The molecule has 2 rings (SSSR count). The summed E-state index contributed by atoms with van der Waals surface area (Å²) in [6.45, 7) is 4.69. The van der Waals surface area contributed by atoms with Crippen LogP contribution in [-0.2, 0) is 10.2 Å². The summed E-state index contributed by atoms with van der Waals surface area (Å²) >= 11 is 0. The number of carboxylic acid groups (broad SMARTS) is 1. The van der Waals surface area contributed by atoms with E-state index in [0.29, 0.717) is 0 Å². The Balaban J connectivity index is 1.98. The van der Waals surface area contributed by atoms with Gasteiger partial charge in [0.25, 0.3) is 0 Å². The van der Waals surface area contributed by atoms with Gasteiger partial charge in [-0.1, -0.05) is 26.0 Å². The Labute approximate surface area is 108 Å². The average Bonchev–Trinajstić information content (AvgIpc) is 3.09. The van der Waals surface area contributed by atoms with Crippen LogP contribution in [0.3, 0.4) is 0 Å². The lowest BCUT2D eigenvalue weighted by molar-refractivity contribution is -0.138. The van der Waals surface area contributed by atoms with Crippen LogP contribution < -0.4 is 4.74 Å². The zero-order chi connectivity index (χ0) is 13.2. The molecular formula is C15H20O3. The van der Waals surface area contributed by atoms with Crippen LogP contribution >= 0.6 is 0 Å². The van der Waals surface area contributed by atoms with Crippen LogP contribution in [0, 0.1) is 5.92 Å². The normalized spacial score (nSPS) is 15.4. The Hall–Kier alpha value is -1.51. The van der Waals surface area contributed by atoms with E-state index in [-0.39, 0.29) is 11.8 Å². The number of hydrogen-bond donors (Lipinski definition) is 1. The zero-order valence-electron chi connectivity index (χ0n) is 11.0. The molecule has 18 heavy (non-hydrogen) atoms. The Morgan fingerprint density at radius 3 is 2.44 bits per heavy atom. The standard InChI is InChI=1S/C15H20O3/c1-15(2,9-14(16)17)12-5-7-13(8-6-12)18-10-11-3-4-11/h5-8,11H,3-4,9-10H2,1-2H3,(H,16,17). The van der Waals surface area contributed by atoms with Crippen LogP contribution in [0.4, 0.5) is 0 Å². The topological polar surface area (TPSA) is 46.5 Å². The first-order chi connectivity index (χ1) is 8.47. The largest absolute Gasteiger partial charge is 0.493 e. The van der Waals surface area contributed by atoms with E-state index in [9.17, 15) is 4.79 Å². The second-order valence-electron chi connectivity index (χ2n) is 5.73. The number of aliphatic carboxylic acids is 1. The third-order valence-corrected chi connectivity index (χ3v) is 3.41. The summed E-state index contributed by atoms with van der Waals surface area (Å²) in [4.78, 5) is 10.8. The first-order valence-corrected chi connectivity index (χ1v) is 6.42. The number of rotatable bonds is 6. The van der Waals surface area contributed by atoms with E-state index in [2.05, 4.69) is 0 Å². The summed E-state index contributed by atoms with van der Waals surface area (Å²) in [5.41, 5.74) is 0.685. The van der Waals surface area contributed by atoms with E-state index in [4.69, 9.17) is 9.84 Å². The molecule has 98 valence electrons. The number of hydrogen-bond acceptors (Lipinski definition) is 2. The van der Waals surface area contributed by atoms with E-state index < -0.39 is 5.97 Å². The highest BCUT2D eigenvalue weighted by atomic mass is 16.5. The first kappa shape index (κ1) is 12.9. The van der Waals surface area contributed by atoms with Crippen LogP contribution in [0.1, 0.15) is 38.7 Å². The monoisotopic (exact) mass is 248 g/mol. The molecule has 0 saturated heterocycles. The van der Waals surface area contributed by atoms with Crippen molar-refractivity contribution in [1.82, 2.24) is 0 Å². The van der Waals surface area contributed by atoms with Crippen molar-refractivity contribution in [3.05, 3.63) is 29.8 Å². The van der Waals surface area contributed by atoms with Gasteiger partial charge in [-0.3, -0.25) is 4.79 Å². The van der Waals surface area contributed by atoms with Gasteiger partial charge in [-0.15, -0.1) is 0 Å². The van der Waals surface area contributed by atoms with Crippen molar-refractivity contribution in [2.45, 2.75) is 38.5 Å². The maximum absolute atomic E-state index is 10.8. The summed E-state index contributed by atoms with van der Waals surface area (Å²) in [5, 5.41) is 8.89. The van der Waals surface area contributed by atoms with Crippen molar-refractivity contribution in [3.8, 4) is 5.75 Å². The molecule has 1 saturated carbocycles. The van der Waals surface area contributed by atoms with Gasteiger partial charge >= 0.3 is 5.97 Å². The quantitative estimate of drug-likeness (QED) is 0.840. The second kappa shape index (κ2) is 5.01. The van der Waals surface area contributed by atoms with E-state index in [1.807, 2.05) is 38.1 Å². The lowest BCUT2D eigenvalue weighted by atomic mass is 9.82. The molecule has 0 heterocycles. The molecule has 1 fully saturated rings. The molecule has 3 heteroatoms. The van der Waals surface area contributed by atoms with Crippen molar-refractivity contribution in [2.24, 2.45) is 5.92 Å². The fourth-order valence-electron chi connectivity index (χ4n) is 1.98. The van der Waals surface area contributed by atoms with Crippen molar-refractivity contribution in [2.75, 3.05) is 6.61 Å². The summed E-state index contributed by atoms with van der Waals surface area (Å²) in [6.07, 6.45) is 2.70. The molecule has 0 spiro atoms. The van der Waals surface area contributed by atoms with Gasteiger partial charge in [-0.25, -0.2) is 0 Å². The first-order valence-electron chi connectivity index (χ1n) is 6.42. The minimum Gasteiger partial charge on any atom is -0.493 e. The molecule has 0 aliphatic heterocycles. The van der Waals surface area contributed by atoms with Gasteiger partial charge in [0.1, 0.15) is 5.75 Å². The second-order valence-corrected chi connectivity index (χ2v) is 5.73. The molecule has 0 atom stereocenters. The van der Waals surface area contributed by atoms with Crippen molar-refractivity contribution >= 4 is 5.97 Å². The van der Waals surface area contributed by atoms with Crippen LogP contribution in [0.15, 0.2) is 24.3 Å². The number of carboxylic acids is 1. The average molecular weight is 248 g/mol. The third-order valence-electron chi connectivity index (χ3n) is 3.41. The molecule has 1 aliphatic rings. The summed E-state index contributed by atoms with van der Waals surface area (Å²) in [5.74, 6) is 0.846. The van der Waals surface area contributed by atoms with Crippen LogP contribution in [0.25, 0.3) is 0 Å². The summed E-state index contributed by atoms with van der Waals surface area (Å²) < 4.78 is 5.66. The minimum atomic E-state index is -0.769. The summed E-state index contributed by atoms with van der Waals surface area (Å²) in [7, 11) is 0. The molecule has 0 aromatic heterocycles. The highest BCUT2D eigenvalue weighted by Gasteiger charge is 2.24. The van der Waals surface area contributed by atoms with Gasteiger partial charge in [0.2, 0.25) is 0 Å². The molecule has 0 radical (unpaired) electrons. The fraction of sp³-hybridized carbons (Fsp3) is 0.533. The number of carbonyl (C=O) groups is 1. The Bertz CT molecular complexity index is 416. The minimum absolute atomic E-state index is 0.134. The van der Waals surface area contributed by atoms with Gasteiger partial charge in [-0.05, 0) is 36.5 Å². The van der Waals surface area contributed by atoms with Crippen LogP contribution in [0.2, 0.25) is 0 Å². The molecule has 1 N–H and O–H groups in total. The molecule has 3 nitrogen and oxygen atoms in total. The maximum Gasteiger partial charge on any atom is 0.304 e. The lowest BCUT2D eigenvalue weighted by Crippen LogP contribution is -2.21. The fourth-order valence-corrected chi connectivity index (χ4v) is 1.98. The van der Waals surface area contributed by atoms with E-state index >= 15 is 0 Å². The van der Waals surface area contributed by atoms with Gasteiger partial charge in [0.05, 0.1) is 13.0 Å². The van der Waals surface area contributed by atoms with Crippen LogP contribution in [0.5, 0.6) is 5.75 Å². The molecule has 0 unspecified atom stereocenters. The Morgan fingerprint density at radius 1 is 1.33 bits per heavy atom. The summed E-state index contributed by atoms with van der Waals surface area (Å²) in [6, 6.07) is 7.79. The van der Waals surface area contributed by atoms with Gasteiger partial charge in [0.15, 0.2) is 0 Å².